The molecule has 0 aliphatic heterocycles. The summed E-state index contributed by atoms with van der Waals surface area (Å²) in [4.78, 5) is 4.08. The van der Waals surface area contributed by atoms with Gasteiger partial charge in [0.1, 0.15) is 0 Å². The van der Waals surface area contributed by atoms with Crippen molar-refractivity contribution in [1.29, 1.82) is 0 Å². The molecular weight excluding hydrogens is 214 g/mol. The van der Waals surface area contributed by atoms with Gasteiger partial charge in [0, 0.05) is 26.3 Å². The Bertz CT molecular complexity index is 340. The van der Waals surface area contributed by atoms with Crippen molar-refractivity contribution < 1.29 is 5.11 Å². The van der Waals surface area contributed by atoms with Crippen LogP contribution in [-0.2, 0) is 13.6 Å². The van der Waals surface area contributed by atoms with E-state index in [1.54, 1.807) is 6.33 Å². The average molecular weight is 237 g/mol. The van der Waals surface area contributed by atoms with Gasteiger partial charge < -0.3 is 15.0 Å². The fourth-order valence-corrected chi connectivity index (χ4v) is 2.54. The standard InChI is InChI=1S/C13H23N3O/c1-16-11-15-9-12(16)8-14-10-13(17)6-4-2-3-5-7-13/h9,11,14,17H,2-8,10H2,1H3. The molecule has 0 saturated heterocycles. The highest BCUT2D eigenvalue weighted by Crippen LogP contribution is 2.26. The Morgan fingerprint density at radius 2 is 2.06 bits per heavy atom. The highest BCUT2D eigenvalue weighted by molar-refractivity contribution is 4.97. The predicted molar refractivity (Wildman–Crippen MR) is 67.6 cm³/mol. The van der Waals surface area contributed by atoms with Crippen LogP contribution >= 0.6 is 0 Å². The molecule has 0 amide bonds. The number of imidazole rings is 1. The van der Waals surface area contributed by atoms with Gasteiger partial charge in [0.15, 0.2) is 0 Å². The van der Waals surface area contributed by atoms with Crippen LogP contribution in [0.4, 0.5) is 0 Å². The highest BCUT2D eigenvalue weighted by atomic mass is 16.3. The quantitative estimate of drug-likeness (QED) is 0.782. The molecule has 1 aliphatic carbocycles. The minimum atomic E-state index is -0.491. The lowest BCUT2D eigenvalue weighted by molar-refractivity contribution is 0.0249. The first-order valence-electron chi connectivity index (χ1n) is 6.58. The van der Waals surface area contributed by atoms with E-state index in [0.717, 1.165) is 37.9 Å². The predicted octanol–water partition coefficient (Wildman–Crippen LogP) is 1.59. The molecule has 0 spiro atoms. The molecule has 1 saturated carbocycles. The van der Waals surface area contributed by atoms with E-state index in [-0.39, 0.29) is 0 Å². The van der Waals surface area contributed by atoms with Crippen LogP contribution in [0.25, 0.3) is 0 Å². The van der Waals surface area contributed by atoms with Crippen LogP contribution in [-0.4, -0.2) is 26.8 Å². The lowest BCUT2D eigenvalue weighted by Gasteiger charge is -2.26. The maximum atomic E-state index is 10.5. The minimum Gasteiger partial charge on any atom is -0.389 e. The maximum Gasteiger partial charge on any atom is 0.0945 e. The molecule has 1 fully saturated rings. The Hall–Kier alpha value is -0.870. The van der Waals surface area contributed by atoms with Gasteiger partial charge >= 0.3 is 0 Å². The molecular formula is C13H23N3O. The van der Waals surface area contributed by atoms with Gasteiger partial charge in [-0.25, -0.2) is 4.98 Å². The zero-order valence-electron chi connectivity index (χ0n) is 10.7. The summed E-state index contributed by atoms with van der Waals surface area (Å²) in [5.74, 6) is 0. The summed E-state index contributed by atoms with van der Waals surface area (Å²) in [6.07, 6.45) is 10.4. The molecule has 2 rings (SSSR count). The fraction of sp³-hybridized carbons (Fsp3) is 0.769. The molecule has 17 heavy (non-hydrogen) atoms. The smallest absolute Gasteiger partial charge is 0.0945 e. The molecule has 0 bridgehead atoms. The summed E-state index contributed by atoms with van der Waals surface area (Å²) in [6.45, 7) is 1.47. The number of hydrogen-bond donors (Lipinski definition) is 2. The van der Waals surface area contributed by atoms with Crippen molar-refractivity contribution in [1.82, 2.24) is 14.9 Å². The number of hydrogen-bond acceptors (Lipinski definition) is 3. The molecule has 2 N–H and O–H groups in total. The number of rotatable bonds is 4. The van der Waals surface area contributed by atoms with Crippen LogP contribution in [0.15, 0.2) is 12.5 Å². The lowest BCUT2D eigenvalue weighted by atomic mass is 9.94. The van der Waals surface area contributed by atoms with Crippen molar-refractivity contribution in [2.45, 2.75) is 50.7 Å². The van der Waals surface area contributed by atoms with Crippen molar-refractivity contribution in [3.63, 3.8) is 0 Å². The minimum absolute atomic E-state index is 0.491. The molecule has 1 aromatic rings. The van der Waals surface area contributed by atoms with Crippen LogP contribution in [0.2, 0.25) is 0 Å². The Kier molecular flexibility index (Phi) is 4.18. The SMILES string of the molecule is Cn1cncc1CNCC1(O)CCCCCC1. The van der Waals surface area contributed by atoms with E-state index in [0.29, 0.717) is 6.54 Å². The Morgan fingerprint density at radius 1 is 1.35 bits per heavy atom. The van der Waals surface area contributed by atoms with Gasteiger partial charge in [-0.05, 0) is 12.8 Å². The zero-order chi connectivity index (χ0) is 12.1. The number of aliphatic hydroxyl groups is 1. The second-order valence-electron chi connectivity index (χ2n) is 5.24. The molecule has 0 aromatic carbocycles. The van der Waals surface area contributed by atoms with Gasteiger partial charge in [0.25, 0.3) is 0 Å². The van der Waals surface area contributed by atoms with Crippen LogP contribution in [0.3, 0.4) is 0 Å². The van der Waals surface area contributed by atoms with Gasteiger partial charge in [0.05, 0.1) is 17.6 Å². The average Bonchev–Trinajstić information content (AvgIpc) is 2.58. The first-order valence-corrected chi connectivity index (χ1v) is 6.58. The highest BCUT2D eigenvalue weighted by Gasteiger charge is 2.27. The number of nitrogens with zero attached hydrogens (tertiary/aromatic N) is 2. The summed E-state index contributed by atoms with van der Waals surface area (Å²) in [5, 5.41) is 13.8. The molecule has 4 nitrogen and oxygen atoms in total. The topological polar surface area (TPSA) is 50.1 Å². The van der Waals surface area contributed by atoms with Crippen LogP contribution < -0.4 is 5.32 Å². The zero-order valence-corrected chi connectivity index (χ0v) is 10.7. The van der Waals surface area contributed by atoms with Crippen molar-refractivity contribution >= 4 is 0 Å². The molecule has 1 heterocycles. The molecule has 0 unspecified atom stereocenters. The molecule has 96 valence electrons. The first kappa shape index (κ1) is 12.6. The van der Waals surface area contributed by atoms with Gasteiger partial charge in [-0.1, -0.05) is 25.7 Å². The monoisotopic (exact) mass is 237 g/mol. The summed E-state index contributed by atoms with van der Waals surface area (Å²) in [7, 11) is 1.99. The van der Waals surface area contributed by atoms with Crippen LogP contribution in [0.5, 0.6) is 0 Å². The second kappa shape index (κ2) is 5.65. The molecule has 0 atom stereocenters. The number of aryl methyl sites for hydroxylation is 1. The van der Waals surface area contributed by atoms with Crippen molar-refractivity contribution in [2.75, 3.05) is 6.54 Å². The van der Waals surface area contributed by atoms with Gasteiger partial charge in [-0.2, -0.15) is 0 Å². The largest absolute Gasteiger partial charge is 0.389 e. The van der Waals surface area contributed by atoms with Crippen molar-refractivity contribution in [3.8, 4) is 0 Å². The summed E-state index contributed by atoms with van der Waals surface area (Å²) in [5.41, 5.74) is 0.664. The molecule has 1 aromatic heterocycles. The summed E-state index contributed by atoms with van der Waals surface area (Å²) < 4.78 is 2.00. The number of nitrogens with one attached hydrogen (secondary N) is 1. The second-order valence-corrected chi connectivity index (χ2v) is 5.24. The summed E-state index contributed by atoms with van der Waals surface area (Å²) >= 11 is 0. The van der Waals surface area contributed by atoms with E-state index in [9.17, 15) is 5.11 Å². The van der Waals surface area contributed by atoms with E-state index < -0.39 is 5.60 Å². The van der Waals surface area contributed by atoms with Gasteiger partial charge in [0.2, 0.25) is 0 Å². The van der Waals surface area contributed by atoms with Crippen molar-refractivity contribution in [3.05, 3.63) is 18.2 Å². The Labute approximate surface area is 103 Å². The number of aromatic nitrogens is 2. The third kappa shape index (κ3) is 3.54. The van der Waals surface area contributed by atoms with Crippen LogP contribution in [0.1, 0.15) is 44.2 Å². The third-order valence-electron chi connectivity index (χ3n) is 3.71. The fourth-order valence-electron chi connectivity index (χ4n) is 2.54. The first-order chi connectivity index (χ1) is 8.20. The lowest BCUT2D eigenvalue weighted by Crippen LogP contribution is -2.40. The normalized spacial score (nSPS) is 20.1. The van der Waals surface area contributed by atoms with E-state index >= 15 is 0 Å². The van der Waals surface area contributed by atoms with Crippen LogP contribution in [0, 0.1) is 0 Å². The Morgan fingerprint density at radius 3 is 2.65 bits per heavy atom. The molecule has 1 aliphatic rings. The van der Waals surface area contributed by atoms with Gasteiger partial charge in [-0.3, -0.25) is 0 Å². The van der Waals surface area contributed by atoms with Crippen molar-refractivity contribution in [2.24, 2.45) is 7.05 Å². The third-order valence-corrected chi connectivity index (χ3v) is 3.71. The van der Waals surface area contributed by atoms with E-state index in [2.05, 4.69) is 10.3 Å². The van der Waals surface area contributed by atoms with Gasteiger partial charge in [-0.15, -0.1) is 0 Å². The van der Waals surface area contributed by atoms with E-state index in [1.807, 2.05) is 17.8 Å². The summed E-state index contributed by atoms with van der Waals surface area (Å²) in [6, 6.07) is 0. The molecule has 4 heteroatoms. The Balaban J connectivity index is 1.79. The van der Waals surface area contributed by atoms with E-state index in [1.165, 1.54) is 12.8 Å². The maximum absolute atomic E-state index is 10.5. The molecule has 0 radical (unpaired) electrons. The van der Waals surface area contributed by atoms with E-state index in [4.69, 9.17) is 0 Å².